The number of nitrogens with one attached hydrogen (secondary N) is 1. The molecule has 1 aliphatic rings. The summed E-state index contributed by atoms with van der Waals surface area (Å²) in [4.78, 5) is 24.0. The number of piperidine rings is 1. The van der Waals surface area contributed by atoms with Gasteiger partial charge in [-0.05, 0) is 19.4 Å². The van der Waals surface area contributed by atoms with E-state index in [1.54, 1.807) is 0 Å². The van der Waals surface area contributed by atoms with Gasteiger partial charge in [0.1, 0.15) is 6.54 Å². The van der Waals surface area contributed by atoms with Crippen LogP contribution in [0.2, 0.25) is 0 Å². The number of carboxylic acids is 1. The Balaban J connectivity index is 2.45. The number of nitrogens with zero attached hydrogens (tertiary/aromatic N) is 2. The van der Waals surface area contributed by atoms with Crippen molar-refractivity contribution in [1.82, 2.24) is 10.2 Å². The largest absolute Gasteiger partial charge is 0.481 e. The molecular weight excluding hydrogens is 222 g/mol. The van der Waals surface area contributed by atoms with E-state index >= 15 is 0 Å². The van der Waals surface area contributed by atoms with Gasteiger partial charge in [0.25, 0.3) is 0 Å². The lowest BCUT2D eigenvalue weighted by atomic mass is 9.99. The fraction of sp³-hybridized carbons (Fsp3) is 0.727. The summed E-state index contributed by atoms with van der Waals surface area (Å²) in [5.74, 6) is -1.05. The van der Waals surface area contributed by atoms with E-state index in [2.05, 4.69) is 5.32 Å². The van der Waals surface area contributed by atoms with Crippen LogP contribution in [0.4, 0.5) is 0 Å². The maximum Gasteiger partial charge on any atom is 0.304 e. The number of likely N-dealkylation sites (tertiary alicyclic amines) is 1. The Bertz CT molecular complexity index is 324. The van der Waals surface area contributed by atoms with E-state index in [9.17, 15) is 9.59 Å². The molecule has 17 heavy (non-hydrogen) atoms. The Kier molecular flexibility index (Phi) is 5.43. The topological polar surface area (TPSA) is 93.4 Å². The van der Waals surface area contributed by atoms with Crippen LogP contribution in [0.5, 0.6) is 0 Å². The highest BCUT2D eigenvalue weighted by atomic mass is 16.4. The fourth-order valence-electron chi connectivity index (χ4n) is 2.08. The van der Waals surface area contributed by atoms with E-state index in [4.69, 9.17) is 10.4 Å². The first kappa shape index (κ1) is 13.5. The van der Waals surface area contributed by atoms with Crippen molar-refractivity contribution < 1.29 is 14.7 Å². The van der Waals surface area contributed by atoms with Crippen LogP contribution in [-0.2, 0) is 9.59 Å². The Morgan fingerprint density at radius 2 is 2.24 bits per heavy atom. The van der Waals surface area contributed by atoms with Gasteiger partial charge in [-0.3, -0.25) is 14.5 Å². The molecule has 1 aliphatic heterocycles. The number of rotatable bonds is 5. The summed E-state index contributed by atoms with van der Waals surface area (Å²) in [6.07, 6.45) is 2.89. The number of nitriles is 1. The quantitative estimate of drug-likeness (QED) is 0.656. The van der Waals surface area contributed by atoms with Crippen molar-refractivity contribution >= 4 is 11.9 Å². The maximum absolute atomic E-state index is 11.5. The molecule has 2 N–H and O–H groups in total. The first-order valence-electron chi connectivity index (χ1n) is 5.73. The molecule has 94 valence electrons. The van der Waals surface area contributed by atoms with Gasteiger partial charge in [0.05, 0.1) is 19.0 Å². The van der Waals surface area contributed by atoms with Crippen LogP contribution in [0.1, 0.15) is 25.7 Å². The highest BCUT2D eigenvalue weighted by molar-refractivity contribution is 5.78. The Labute approximate surface area is 100 Å². The monoisotopic (exact) mass is 239 g/mol. The highest BCUT2D eigenvalue weighted by Gasteiger charge is 2.25. The van der Waals surface area contributed by atoms with Gasteiger partial charge in [0.15, 0.2) is 0 Å². The molecule has 1 saturated heterocycles. The lowest BCUT2D eigenvalue weighted by Crippen LogP contribution is -2.46. The number of aliphatic carboxylic acids is 1. The molecule has 1 fully saturated rings. The van der Waals surface area contributed by atoms with Crippen molar-refractivity contribution in [2.45, 2.75) is 31.7 Å². The zero-order chi connectivity index (χ0) is 12.7. The Morgan fingerprint density at radius 3 is 2.88 bits per heavy atom. The van der Waals surface area contributed by atoms with Crippen LogP contribution >= 0.6 is 0 Å². The van der Waals surface area contributed by atoms with Crippen molar-refractivity contribution in [3.8, 4) is 6.07 Å². The SMILES string of the molecule is N#CCNC(=O)CN1CCCCC1CC(=O)O. The number of carbonyl (C=O) groups is 2. The van der Waals surface area contributed by atoms with E-state index < -0.39 is 5.97 Å². The molecule has 6 heteroatoms. The number of hydrogen-bond donors (Lipinski definition) is 2. The van der Waals surface area contributed by atoms with Crippen molar-refractivity contribution in [2.75, 3.05) is 19.6 Å². The van der Waals surface area contributed by atoms with Crippen LogP contribution in [0.15, 0.2) is 0 Å². The van der Waals surface area contributed by atoms with Gasteiger partial charge < -0.3 is 10.4 Å². The Morgan fingerprint density at radius 1 is 1.47 bits per heavy atom. The van der Waals surface area contributed by atoms with Gasteiger partial charge in [-0.2, -0.15) is 5.26 Å². The predicted octanol–water partition coefficient (Wildman–Crippen LogP) is -0.0446. The van der Waals surface area contributed by atoms with E-state index in [1.807, 2.05) is 11.0 Å². The minimum absolute atomic E-state index is 0.00370. The summed E-state index contributed by atoms with van der Waals surface area (Å²) in [5.41, 5.74) is 0. The molecule has 1 rings (SSSR count). The average molecular weight is 239 g/mol. The molecule has 6 nitrogen and oxygen atoms in total. The lowest BCUT2D eigenvalue weighted by molar-refractivity contribution is -0.139. The average Bonchev–Trinajstić information content (AvgIpc) is 2.28. The first-order valence-corrected chi connectivity index (χ1v) is 5.73. The molecule has 0 radical (unpaired) electrons. The molecule has 1 unspecified atom stereocenters. The van der Waals surface area contributed by atoms with Crippen LogP contribution in [0.3, 0.4) is 0 Å². The smallest absolute Gasteiger partial charge is 0.304 e. The lowest BCUT2D eigenvalue weighted by Gasteiger charge is -2.34. The van der Waals surface area contributed by atoms with Crippen molar-refractivity contribution in [3.05, 3.63) is 0 Å². The molecule has 0 bridgehead atoms. The number of carboxylic acid groups (broad SMARTS) is 1. The molecule has 0 saturated carbocycles. The van der Waals surface area contributed by atoms with E-state index in [-0.39, 0.29) is 31.5 Å². The van der Waals surface area contributed by atoms with Gasteiger partial charge in [-0.15, -0.1) is 0 Å². The van der Waals surface area contributed by atoms with Gasteiger partial charge in [-0.1, -0.05) is 6.42 Å². The normalized spacial score (nSPS) is 20.5. The van der Waals surface area contributed by atoms with Gasteiger partial charge in [-0.25, -0.2) is 0 Å². The molecule has 0 aromatic carbocycles. The number of hydrogen-bond acceptors (Lipinski definition) is 4. The van der Waals surface area contributed by atoms with E-state index in [1.165, 1.54) is 0 Å². The number of amides is 1. The third kappa shape index (κ3) is 4.83. The number of carbonyl (C=O) groups excluding carboxylic acids is 1. The second-order valence-electron chi connectivity index (χ2n) is 4.15. The maximum atomic E-state index is 11.5. The molecular formula is C11H17N3O3. The summed E-state index contributed by atoms with van der Waals surface area (Å²) in [7, 11) is 0. The third-order valence-electron chi connectivity index (χ3n) is 2.87. The van der Waals surface area contributed by atoms with Crippen LogP contribution in [0.25, 0.3) is 0 Å². The van der Waals surface area contributed by atoms with E-state index in [0.717, 1.165) is 25.8 Å². The third-order valence-corrected chi connectivity index (χ3v) is 2.87. The van der Waals surface area contributed by atoms with Crippen molar-refractivity contribution in [3.63, 3.8) is 0 Å². The summed E-state index contributed by atoms with van der Waals surface area (Å²) < 4.78 is 0. The highest BCUT2D eigenvalue weighted by Crippen LogP contribution is 2.19. The van der Waals surface area contributed by atoms with Gasteiger partial charge in [0, 0.05) is 6.04 Å². The Hall–Kier alpha value is -1.61. The molecule has 0 aromatic heterocycles. The standard InChI is InChI=1S/C11H17N3O3/c12-4-5-13-10(15)8-14-6-2-1-3-9(14)7-11(16)17/h9H,1-3,5-8H2,(H,13,15)(H,16,17). The summed E-state index contributed by atoms with van der Waals surface area (Å²) in [6, 6.07) is 1.77. The summed E-state index contributed by atoms with van der Waals surface area (Å²) >= 11 is 0. The first-order chi connectivity index (χ1) is 8.13. The van der Waals surface area contributed by atoms with E-state index in [0.29, 0.717) is 0 Å². The molecule has 1 amide bonds. The zero-order valence-corrected chi connectivity index (χ0v) is 9.69. The second kappa shape index (κ2) is 6.86. The van der Waals surface area contributed by atoms with Gasteiger partial charge in [0.2, 0.25) is 5.91 Å². The predicted molar refractivity (Wildman–Crippen MR) is 60.1 cm³/mol. The van der Waals surface area contributed by atoms with Crippen LogP contribution < -0.4 is 5.32 Å². The molecule has 0 spiro atoms. The van der Waals surface area contributed by atoms with Gasteiger partial charge >= 0.3 is 5.97 Å². The molecule has 0 aliphatic carbocycles. The zero-order valence-electron chi connectivity index (χ0n) is 9.69. The molecule has 1 atom stereocenters. The second-order valence-corrected chi connectivity index (χ2v) is 4.15. The molecule has 1 heterocycles. The summed E-state index contributed by atoms with van der Waals surface area (Å²) in [5, 5.41) is 19.6. The molecule has 0 aromatic rings. The minimum atomic E-state index is -0.834. The minimum Gasteiger partial charge on any atom is -0.481 e. The van der Waals surface area contributed by atoms with Crippen LogP contribution in [0, 0.1) is 11.3 Å². The summed E-state index contributed by atoms with van der Waals surface area (Å²) in [6.45, 7) is 0.924. The fourth-order valence-corrected chi connectivity index (χ4v) is 2.08. The van der Waals surface area contributed by atoms with Crippen LogP contribution in [-0.4, -0.2) is 47.6 Å². The van der Waals surface area contributed by atoms with Crippen molar-refractivity contribution in [1.29, 1.82) is 5.26 Å². The van der Waals surface area contributed by atoms with Crippen molar-refractivity contribution in [2.24, 2.45) is 0 Å².